The molecule has 0 aliphatic heterocycles. The van der Waals surface area contributed by atoms with Gasteiger partial charge in [-0.25, -0.2) is 0 Å². The summed E-state index contributed by atoms with van der Waals surface area (Å²) in [5.41, 5.74) is 7.40. The summed E-state index contributed by atoms with van der Waals surface area (Å²) < 4.78 is 0. The molecule has 0 unspecified atom stereocenters. The lowest BCUT2D eigenvalue weighted by Crippen LogP contribution is -1.86. The minimum absolute atomic E-state index is 1.20. The number of rotatable bonds is 4. The maximum absolute atomic E-state index is 2.27. The Morgan fingerprint density at radius 3 is 1.53 bits per heavy atom. The van der Waals surface area contributed by atoms with Gasteiger partial charge < -0.3 is 0 Å². The van der Waals surface area contributed by atoms with Crippen LogP contribution in [0.15, 0.2) is 133 Å². The van der Waals surface area contributed by atoms with E-state index in [1.54, 1.807) is 0 Å². The molecule has 0 heteroatoms. The Kier molecular flexibility index (Phi) is 4.89. The van der Waals surface area contributed by atoms with Crippen LogP contribution in [0.3, 0.4) is 0 Å². The van der Waals surface area contributed by atoms with Gasteiger partial charge in [0.1, 0.15) is 0 Å². The fraction of sp³-hybridized carbons (Fsp3) is 0. The monoisotopic (exact) mass is 456 g/mol. The molecule has 0 N–H and O–H groups in total. The lowest BCUT2D eigenvalue weighted by molar-refractivity contribution is 1.58. The van der Waals surface area contributed by atoms with Crippen LogP contribution in [-0.4, -0.2) is 0 Å². The van der Waals surface area contributed by atoms with Gasteiger partial charge >= 0.3 is 0 Å². The van der Waals surface area contributed by atoms with Crippen LogP contribution in [0.2, 0.25) is 0 Å². The van der Waals surface area contributed by atoms with Crippen molar-refractivity contribution < 1.29 is 0 Å². The second kappa shape index (κ2) is 8.52. The molecule has 0 heterocycles. The molecule has 0 saturated heterocycles. The van der Waals surface area contributed by atoms with Gasteiger partial charge in [-0.3, -0.25) is 0 Å². The summed E-state index contributed by atoms with van der Waals surface area (Å²) in [6.07, 6.45) is 4.46. The Labute approximate surface area is 211 Å². The number of hydrogen-bond acceptors (Lipinski definition) is 0. The Bertz CT molecular complexity index is 1820. The Hall–Kier alpha value is -4.68. The normalized spacial score (nSPS) is 11.8. The first-order valence-electron chi connectivity index (χ1n) is 12.4. The van der Waals surface area contributed by atoms with Crippen LogP contribution in [0.4, 0.5) is 0 Å². The van der Waals surface area contributed by atoms with Crippen molar-refractivity contribution in [3.63, 3.8) is 0 Å². The lowest BCUT2D eigenvalue weighted by Gasteiger charge is -2.12. The van der Waals surface area contributed by atoms with E-state index in [2.05, 4.69) is 146 Å². The van der Waals surface area contributed by atoms with Gasteiger partial charge in [-0.15, -0.1) is 0 Å². The number of benzene rings is 7. The Morgan fingerprint density at radius 1 is 0.333 bits per heavy atom. The van der Waals surface area contributed by atoms with Crippen LogP contribution in [0, 0.1) is 0 Å². The van der Waals surface area contributed by atoms with Crippen LogP contribution in [0.5, 0.6) is 0 Å². The van der Waals surface area contributed by atoms with Gasteiger partial charge in [-0.1, -0.05) is 146 Å². The minimum atomic E-state index is 1.20. The third-order valence-electron chi connectivity index (χ3n) is 7.25. The smallest absolute Gasteiger partial charge is 0.00208 e. The van der Waals surface area contributed by atoms with Gasteiger partial charge in [0.25, 0.3) is 0 Å². The van der Waals surface area contributed by atoms with E-state index in [1.165, 1.54) is 65.7 Å². The third kappa shape index (κ3) is 3.56. The highest BCUT2D eigenvalue weighted by molar-refractivity contribution is 6.24. The maximum Gasteiger partial charge on any atom is -0.00208 e. The van der Waals surface area contributed by atoms with Gasteiger partial charge in [0.05, 0.1) is 0 Å². The standard InChI is InChI=1S/C36H24/c1-2-5-26(6-3-1)28-15-17-29(18-16-28)27-12-9-25(10-13-27)11-14-30-19-20-33-22-21-31-7-4-8-32-23-24-34(30)36(33)35(31)32/h1-24H. The first kappa shape index (κ1) is 20.7. The summed E-state index contributed by atoms with van der Waals surface area (Å²) in [5.74, 6) is 0. The zero-order valence-electron chi connectivity index (χ0n) is 19.9. The van der Waals surface area contributed by atoms with Crippen molar-refractivity contribution in [3.05, 3.63) is 145 Å². The molecule has 168 valence electrons. The van der Waals surface area contributed by atoms with Crippen molar-refractivity contribution in [2.75, 3.05) is 0 Å². The maximum atomic E-state index is 2.27. The van der Waals surface area contributed by atoms with Crippen molar-refractivity contribution in [1.82, 2.24) is 0 Å². The van der Waals surface area contributed by atoms with E-state index in [4.69, 9.17) is 0 Å². The first-order valence-corrected chi connectivity index (χ1v) is 12.4. The average molecular weight is 457 g/mol. The van der Waals surface area contributed by atoms with Crippen molar-refractivity contribution in [2.24, 2.45) is 0 Å². The minimum Gasteiger partial charge on any atom is -0.0622 e. The highest BCUT2D eigenvalue weighted by Gasteiger charge is 2.09. The molecule has 7 aromatic rings. The van der Waals surface area contributed by atoms with Crippen LogP contribution in [-0.2, 0) is 0 Å². The predicted molar refractivity (Wildman–Crippen MR) is 156 cm³/mol. The molecule has 0 bridgehead atoms. The zero-order valence-corrected chi connectivity index (χ0v) is 19.9. The van der Waals surface area contributed by atoms with Gasteiger partial charge in [0.2, 0.25) is 0 Å². The fourth-order valence-corrected chi connectivity index (χ4v) is 5.36. The third-order valence-corrected chi connectivity index (χ3v) is 7.25. The van der Waals surface area contributed by atoms with Crippen molar-refractivity contribution >= 4 is 44.5 Å². The highest BCUT2D eigenvalue weighted by atomic mass is 14.1. The van der Waals surface area contributed by atoms with E-state index in [1.807, 2.05) is 0 Å². The van der Waals surface area contributed by atoms with E-state index in [0.717, 1.165) is 0 Å². The van der Waals surface area contributed by atoms with Crippen molar-refractivity contribution in [3.8, 4) is 22.3 Å². The summed E-state index contributed by atoms with van der Waals surface area (Å²) in [7, 11) is 0. The van der Waals surface area contributed by atoms with Crippen LogP contribution in [0.1, 0.15) is 11.1 Å². The summed E-state index contributed by atoms with van der Waals surface area (Å²) in [5, 5.41) is 7.95. The first-order chi connectivity index (χ1) is 17.8. The van der Waals surface area contributed by atoms with Crippen LogP contribution < -0.4 is 0 Å². The van der Waals surface area contributed by atoms with Crippen LogP contribution >= 0.6 is 0 Å². The molecule has 0 spiro atoms. The Balaban J connectivity index is 1.19. The summed E-state index contributed by atoms with van der Waals surface area (Å²) in [4.78, 5) is 0. The van der Waals surface area contributed by atoms with Crippen molar-refractivity contribution in [2.45, 2.75) is 0 Å². The lowest BCUT2D eigenvalue weighted by atomic mass is 9.92. The van der Waals surface area contributed by atoms with Gasteiger partial charge in [0, 0.05) is 0 Å². The van der Waals surface area contributed by atoms with E-state index >= 15 is 0 Å². The molecule has 7 rings (SSSR count). The van der Waals surface area contributed by atoms with E-state index in [0.29, 0.717) is 0 Å². The van der Waals surface area contributed by atoms with E-state index in [-0.39, 0.29) is 0 Å². The predicted octanol–water partition coefficient (Wildman–Crippen LogP) is 10.1. The highest BCUT2D eigenvalue weighted by Crippen LogP contribution is 2.36. The van der Waals surface area contributed by atoms with E-state index < -0.39 is 0 Å². The Morgan fingerprint density at radius 2 is 0.861 bits per heavy atom. The molecule has 0 aliphatic rings. The molecule has 0 radical (unpaired) electrons. The van der Waals surface area contributed by atoms with Gasteiger partial charge in [-0.2, -0.15) is 0 Å². The molecule has 7 aromatic carbocycles. The SMILES string of the molecule is C(=Cc1ccc2ccc3cccc4ccc1c2c34)c1ccc(-c2ccc(-c3ccccc3)cc2)cc1. The quantitative estimate of drug-likeness (QED) is 0.182. The summed E-state index contributed by atoms with van der Waals surface area (Å²) in [6.45, 7) is 0. The second-order valence-electron chi connectivity index (χ2n) is 9.41. The zero-order chi connectivity index (χ0) is 23.9. The molecule has 0 atom stereocenters. The molecular weight excluding hydrogens is 432 g/mol. The fourth-order valence-electron chi connectivity index (χ4n) is 5.36. The molecule has 0 fully saturated rings. The molecular formula is C36H24. The van der Waals surface area contributed by atoms with Crippen molar-refractivity contribution in [1.29, 1.82) is 0 Å². The summed E-state index contributed by atoms with van der Waals surface area (Å²) >= 11 is 0. The molecule has 0 amide bonds. The molecule has 0 saturated carbocycles. The largest absolute Gasteiger partial charge is 0.0622 e. The topological polar surface area (TPSA) is 0 Å². The van der Waals surface area contributed by atoms with Gasteiger partial charge in [-0.05, 0) is 65.7 Å². The second-order valence-corrected chi connectivity index (χ2v) is 9.41. The summed E-state index contributed by atoms with van der Waals surface area (Å²) in [6, 6.07) is 48.2. The molecule has 0 aromatic heterocycles. The van der Waals surface area contributed by atoms with E-state index in [9.17, 15) is 0 Å². The average Bonchev–Trinajstić information content (AvgIpc) is 2.96. The van der Waals surface area contributed by atoms with Gasteiger partial charge in [0.15, 0.2) is 0 Å². The van der Waals surface area contributed by atoms with Crippen LogP contribution in [0.25, 0.3) is 66.7 Å². The molecule has 36 heavy (non-hydrogen) atoms. The molecule has 0 nitrogen and oxygen atoms in total. The number of hydrogen-bond donors (Lipinski definition) is 0. The molecule has 0 aliphatic carbocycles.